The maximum absolute atomic E-state index is 13.7. The number of aliphatic hydroxyl groups is 1. The van der Waals surface area contributed by atoms with E-state index in [0.717, 1.165) is 64.2 Å². The van der Waals surface area contributed by atoms with Crippen molar-refractivity contribution in [2.45, 2.75) is 12.8 Å². The predicted octanol–water partition coefficient (Wildman–Crippen LogP) is 1.64. The highest BCUT2D eigenvalue weighted by molar-refractivity contribution is 5.50. The van der Waals surface area contributed by atoms with E-state index in [2.05, 4.69) is 15.1 Å². The van der Waals surface area contributed by atoms with Crippen LogP contribution in [0, 0.1) is 23.0 Å². The number of rotatable bonds is 8. The highest BCUT2D eigenvalue weighted by Crippen LogP contribution is 2.20. The SMILES string of the molecule is N#Cc1cc(F)c(NCCCCN2CCN(CCO)CC2)c(F)c1. The minimum absolute atomic E-state index is 0.0177. The molecule has 2 rings (SSSR count). The van der Waals surface area contributed by atoms with E-state index in [1.807, 2.05) is 0 Å². The van der Waals surface area contributed by atoms with E-state index in [-0.39, 0.29) is 17.9 Å². The van der Waals surface area contributed by atoms with Gasteiger partial charge in [-0.25, -0.2) is 8.78 Å². The Morgan fingerprint density at radius 2 is 1.62 bits per heavy atom. The Morgan fingerprint density at radius 3 is 2.17 bits per heavy atom. The molecular weight excluding hydrogens is 314 g/mol. The Kier molecular flexibility index (Phi) is 7.37. The molecule has 1 saturated heterocycles. The third kappa shape index (κ3) is 5.41. The van der Waals surface area contributed by atoms with E-state index < -0.39 is 11.6 Å². The number of hydrogen-bond acceptors (Lipinski definition) is 5. The maximum Gasteiger partial charge on any atom is 0.150 e. The van der Waals surface area contributed by atoms with Crippen molar-refractivity contribution in [3.8, 4) is 6.07 Å². The number of aliphatic hydroxyl groups excluding tert-OH is 1. The number of halogens is 2. The first-order valence-electron chi connectivity index (χ1n) is 8.32. The van der Waals surface area contributed by atoms with Crippen LogP contribution in [0.15, 0.2) is 12.1 Å². The van der Waals surface area contributed by atoms with Gasteiger partial charge in [0.15, 0.2) is 11.6 Å². The molecule has 0 aromatic heterocycles. The highest BCUT2D eigenvalue weighted by Gasteiger charge is 2.15. The lowest BCUT2D eigenvalue weighted by molar-refractivity contribution is 0.112. The Bertz CT molecular complexity index is 545. The molecule has 0 saturated carbocycles. The number of benzene rings is 1. The summed E-state index contributed by atoms with van der Waals surface area (Å²) in [5.41, 5.74) is -0.178. The summed E-state index contributed by atoms with van der Waals surface area (Å²) in [5.74, 6) is -1.46. The molecule has 0 spiro atoms. The molecule has 0 amide bonds. The van der Waals surface area contributed by atoms with E-state index in [1.54, 1.807) is 6.07 Å². The van der Waals surface area contributed by atoms with Crippen molar-refractivity contribution in [2.24, 2.45) is 0 Å². The lowest BCUT2D eigenvalue weighted by Crippen LogP contribution is -2.47. The molecule has 0 unspecified atom stereocenters. The number of nitriles is 1. The first-order valence-corrected chi connectivity index (χ1v) is 8.32. The van der Waals surface area contributed by atoms with Crippen molar-refractivity contribution in [2.75, 3.05) is 57.7 Å². The third-order valence-electron chi connectivity index (χ3n) is 4.26. The standard InChI is InChI=1S/C17H24F2N4O/c18-15-11-14(13-20)12-16(19)17(15)21-3-1-2-4-22-5-7-23(8-6-22)9-10-24/h11-12,21,24H,1-10H2. The van der Waals surface area contributed by atoms with E-state index in [4.69, 9.17) is 10.4 Å². The Hall–Kier alpha value is -1.75. The zero-order chi connectivity index (χ0) is 17.4. The highest BCUT2D eigenvalue weighted by atomic mass is 19.1. The van der Waals surface area contributed by atoms with E-state index in [0.29, 0.717) is 6.54 Å². The lowest BCUT2D eigenvalue weighted by Gasteiger charge is -2.34. The Labute approximate surface area is 141 Å². The topological polar surface area (TPSA) is 62.5 Å². The Morgan fingerprint density at radius 1 is 1.04 bits per heavy atom. The zero-order valence-corrected chi connectivity index (χ0v) is 13.8. The molecule has 1 heterocycles. The minimum Gasteiger partial charge on any atom is -0.395 e. The molecular formula is C17H24F2N4O. The van der Waals surface area contributed by atoms with Gasteiger partial charge in [0.05, 0.1) is 18.2 Å². The van der Waals surface area contributed by atoms with Crippen LogP contribution in [-0.4, -0.2) is 67.3 Å². The summed E-state index contributed by atoms with van der Waals surface area (Å²) in [6.45, 7) is 6.32. The third-order valence-corrected chi connectivity index (χ3v) is 4.26. The van der Waals surface area contributed by atoms with Gasteiger partial charge in [-0.15, -0.1) is 0 Å². The van der Waals surface area contributed by atoms with Gasteiger partial charge in [0.25, 0.3) is 0 Å². The van der Waals surface area contributed by atoms with Crippen LogP contribution in [-0.2, 0) is 0 Å². The number of hydrogen-bond donors (Lipinski definition) is 2. The number of β-amino-alcohol motifs (C(OH)–C–C–N with tert-alkyl or cyclic N) is 1. The van der Waals surface area contributed by atoms with Gasteiger partial charge in [0.1, 0.15) is 5.69 Å². The molecule has 7 heteroatoms. The summed E-state index contributed by atoms with van der Waals surface area (Å²) in [6.07, 6.45) is 1.77. The van der Waals surface area contributed by atoms with Crippen molar-refractivity contribution >= 4 is 5.69 Å². The fourth-order valence-electron chi connectivity index (χ4n) is 2.86. The van der Waals surface area contributed by atoms with Gasteiger partial charge in [-0.05, 0) is 31.5 Å². The van der Waals surface area contributed by atoms with Gasteiger partial charge in [0.2, 0.25) is 0 Å². The van der Waals surface area contributed by atoms with Crippen LogP contribution in [0.1, 0.15) is 18.4 Å². The van der Waals surface area contributed by atoms with E-state index >= 15 is 0 Å². The first kappa shape index (κ1) is 18.6. The van der Waals surface area contributed by atoms with Crippen LogP contribution < -0.4 is 5.32 Å². The van der Waals surface area contributed by atoms with Crippen molar-refractivity contribution in [3.05, 3.63) is 29.3 Å². The summed E-state index contributed by atoms with van der Waals surface area (Å²) < 4.78 is 27.4. The fraction of sp³-hybridized carbons (Fsp3) is 0.588. The molecule has 0 atom stereocenters. The molecule has 24 heavy (non-hydrogen) atoms. The molecule has 0 radical (unpaired) electrons. The van der Waals surface area contributed by atoms with Crippen LogP contribution in [0.4, 0.5) is 14.5 Å². The Balaban J connectivity index is 1.65. The normalized spacial score (nSPS) is 16.1. The van der Waals surface area contributed by atoms with Gasteiger partial charge in [-0.3, -0.25) is 4.90 Å². The molecule has 0 aliphatic carbocycles. The summed E-state index contributed by atoms with van der Waals surface area (Å²) >= 11 is 0. The number of nitrogens with one attached hydrogen (secondary N) is 1. The molecule has 0 bridgehead atoms. The monoisotopic (exact) mass is 338 g/mol. The minimum atomic E-state index is -0.730. The second kappa shape index (κ2) is 9.52. The average molecular weight is 338 g/mol. The molecule has 1 aromatic rings. The second-order valence-corrected chi connectivity index (χ2v) is 5.97. The number of nitrogens with zero attached hydrogens (tertiary/aromatic N) is 3. The predicted molar refractivity (Wildman–Crippen MR) is 88.8 cm³/mol. The van der Waals surface area contributed by atoms with Crippen LogP contribution >= 0.6 is 0 Å². The smallest absolute Gasteiger partial charge is 0.150 e. The van der Waals surface area contributed by atoms with Crippen molar-refractivity contribution in [3.63, 3.8) is 0 Å². The largest absolute Gasteiger partial charge is 0.395 e. The maximum atomic E-state index is 13.7. The molecule has 2 N–H and O–H groups in total. The van der Waals surface area contributed by atoms with E-state index in [1.165, 1.54) is 0 Å². The number of unbranched alkanes of at least 4 members (excludes halogenated alkanes) is 1. The van der Waals surface area contributed by atoms with Crippen LogP contribution in [0.3, 0.4) is 0 Å². The molecule has 1 aliphatic rings. The summed E-state index contributed by atoms with van der Waals surface area (Å²) in [7, 11) is 0. The number of anilines is 1. The van der Waals surface area contributed by atoms with Crippen LogP contribution in [0.25, 0.3) is 0 Å². The first-order chi connectivity index (χ1) is 11.6. The summed E-state index contributed by atoms with van der Waals surface area (Å²) in [5, 5.41) is 20.4. The molecule has 132 valence electrons. The quantitative estimate of drug-likeness (QED) is 0.706. The number of piperazine rings is 1. The second-order valence-electron chi connectivity index (χ2n) is 5.97. The molecule has 1 aliphatic heterocycles. The molecule has 1 fully saturated rings. The molecule has 5 nitrogen and oxygen atoms in total. The van der Waals surface area contributed by atoms with Crippen LogP contribution in [0.2, 0.25) is 0 Å². The van der Waals surface area contributed by atoms with Gasteiger partial charge in [-0.2, -0.15) is 5.26 Å². The van der Waals surface area contributed by atoms with Gasteiger partial charge < -0.3 is 15.3 Å². The van der Waals surface area contributed by atoms with Gasteiger partial charge in [-0.1, -0.05) is 0 Å². The summed E-state index contributed by atoms with van der Waals surface area (Å²) in [4.78, 5) is 4.62. The lowest BCUT2D eigenvalue weighted by atomic mass is 10.2. The summed E-state index contributed by atoms with van der Waals surface area (Å²) in [6, 6.07) is 3.81. The van der Waals surface area contributed by atoms with Crippen molar-refractivity contribution < 1.29 is 13.9 Å². The van der Waals surface area contributed by atoms with Gasteiger partial charge in [0, 0.05) is 39.3 Å². The van der Waals surface area contributed by atoms with Gasteiger partial charge >= 0.3 is 0 Å². The van der Waals surface area contributed by atoms with E-state index in [9.17, 15) is 8.78 Å². The average Bonchev–Trinajstić information content (AvgIpc) is 2.58. The van der Waals surface area contributed by atoms with Crippen molar-refractivity contribution in [1.29, 1.82) is 5.26 Å². The van der Waals surface area contributed by atoms with Crippen molar-refractivity contribution in [1.82, 2.24) is 9.80 Å². The fourth-order valence-corrected chi connectivity index (χ4v) is 2.86. The molecule has 1 aromatic carbocycles. The van der Waals surface area contributed by atoms with Crippen LogP contribution in [0.5, 0.6) is 0 Å². The zero-order valence-electron chi connectivity index (χ0n) is 13.8.